The summed E-state index contributed by atoms with van der Waals surface area (Å²) in [5.74, 6) is 0.400. The minimum absolute atomic E-state index is 0.200. The van der Waals surface area contributed by atoms with Gasteiger partial charge in [-0.15, -0.1) is 0 Å². The summed E-state index contributed by atoms with van der Waals surface area (Å²) < 4.78 is 19.7. The summed E-state index contributed by atoms with van der Waals surface area (Å²) >= 11 is 1.32. The van der Waals surface area contributed by atoms with Crippen LogP contribution >= 0.6 is 11.8 Å². The number of thioether (sulfide) groups is 1. The van der Waals surface area contributed by atoms with Crippen LogP contribution in [0.4, 0.5) is 4.39 Å². The number of rotatable bonds is 4. The summed E-state index contributed by atoms with van der Waals surface area (Å²) in [6.45, 7) is 3.56. The second-order valence-corrected chi connectivity index (χ2v) is 6.41. The van der Waals surface area contributed by atoms with E-state index in [-0.39, 0.29) is 11.1 Å². The standard InChI is InChI=1S/C16H14FN3O2S/c1-10-6-7-12(9-13(10)17)15-18-16(22-19-15)11(2)23-14-5-3-4-8-20(14)21/h3-9,11H,1-2H3. The molecule has 0 aliphatic rings. The van der Waals surface area contributed by atoms with Crippen molar-refractivity contribution in [3.63, 3.8) is 0 Å². The van der Waals surface area contributed by atoms with Gasteiger partial charge in [0.1, 0.15) is 5.82 Å². The smallest absolute Gasteiger partial charge is 0.252 e. The number of aryl methyl sites for hydroxylation is 1. The minimum atomic E-state index is -0.312. The average Bonchev–Trinajstić information content (AvgIpc) is 3.02. The molecule has 0 bridgehead atoms. The summed E-state index contributed by atoms with van der Waals surface area (Å²) in [5.41, 5.74) is 1.12. The molecule has 0 fully saturated rings. The molecule has 0 radical (unpaired) electrons. The molecule has 0 N–H and O–H groups in total. The first-order valence-electron chi connectivity index (χ1n) is 6.99. The van der Waals surface area contributed by atoms with E-state index >= 15 is 0 Å². The van der Waals surface area contributed by atoms with E-state index in [1.165, 1.54) is 24.0 Å². The Bertz CT molecular complexity index is 838. The van der Waals surface area contributed by atoms with Crippen LogP contribution in [0, 0.1) is 17.9 Å². The summed E-state index contributed by atoms with van der Waals surface area (Å²) in [5, 5.41) is 15.9. The highest BCUT2D eigenvalue weighted by Crippen LogP contribution is 2.32. The van der Waals surface area contributed by atoms with Gasteiger partial charge < -0.3 is 9.73 Å². The molecule has 118 valence electrons. The quantitative estimate of drug-likeness (QED) is 0.414. The van der Waals surface area contributed by atoms with E-state index in [0.717, 1.165) is 4.73 Å². The molecule has 1 unspecified atom stereocenters. The van der Waals surface area contributed by atoms with Crippen molar-refractivity contribution in [3.05, 3.63) is 65.1 Å². The first kappa shape index (κ1) is 15.5. The lowest BCUT2D eigenvalue weighted by atomic mass is 10.1. The van der Waals surface area contributed by atoms with Gasteiger partial charge in [-0.25, -0.2) is 4.39 Å². The third-order valence-corrected chi connectivity index (χ3v) is 4.42. The van der Waals surface area contributed by atoms with E-state index in [1.54, 1.807) is 37.3 Å². The van der Waals surface area contributed by atoms with Gasteiger partial charge in [0, 0.05) is 17.7 Å². The van der Waals surface area contributed by atoms with Crippen molar-refractivity contribution in [2.45, 2.75) is 24.1 Å². The fraction of sp³-hybridized carbons (Fsp3) is 0.188. The van der Waals surface area contributed by atoms with Crippen LogP contribution in [0.15, 0.2) is 52.1 Å². The lowest BCUT2D eigenvalue weighted by Crippen LogP contribution is -2.27. The Balaban J connectivity index is 1.81. The van der Waals surface area contributed by atoms with E-state index in [1.807, 2.05) is 6.92 Å². The fourth-order valence-electron chi connectivity index (χ4n) is 1.98. The Hall–Kier alpha value is -2.41. The monoisotopic (exact) mass is 331 g/mol. The predicted molar refractivity (Wildman–Crippen MR) is 84.1 cm³/mol. The van der Waals surface area contributed by atoms with Crippen molar-refractivity contribution < 1.29 is 13.6 Å². The number of halogens is 1. The van der Waals surface area contributed by atoms with Crippen LogP contribution < -0.4 is 4.73 Å². The molecule has 0 amide bonds. The molecule has 0 aliphatic carbocycles. The number of benzene rings is 1. The van der Waals surface area contributed by atoms with Gasteiger partial charge in [0.15, 0.2) is 6.20 Å². The van der Waals surface area contributed by atoms with E-state index in [9.17, 15) is 9.60 Å². The Morgan fingerprint density at radius 1 is 1.30 bits per heavy atom. The maximum absolute atomic E-state index is 13.6. The van der Waals surface area contributed by atoms with Crippen LogP contribution in [-0.2, 0) is 0 Å². The molecular weight excluding hydrogens is 317 g/mol. The largest absolute Gasteiger partial charge is 0.618 e. The first-order chi connectivity index (χ1) is 11.0. The Kier molecular flexibility index (Phi) is 4.29. The molecule has 1 aromatic carbocycles. The SMILES string of the molecule is Cc1ccc(-c2noc(C(C)Sc3cccc[n+]3[O-])n2)cc1F. The van der Waals surface area contributed by atoms with Gasteiger partial charge in [-0.3, -0.25) is 0 Å². The van der Waals surface area contributed by atoms with Crippen molar-refractivity contribution in [1.29, 1.82) is 0 Å². The summed E-state index contributed by atoms with van der Waals surface area (Å²) in [7, 11) is 0. The van der Waals surface area contributed by atoms with E-state index < -0.39 is 0 Å². The molecule has 23 heavy (non-hydrogen) atoms. The van der Waals surface area contributed by atoms with Crippen molar-refractivity contribution in [1.82, 2.24) is 10.1 Å². The number of aromatic nitrogens is 3. The maximum Gasteiger partial charge on any atom is 0.252 e. The van der Waals surface area contributed by atoms with Crippen molar-refractivity contribution >= 4 is 11.8 Å². The second kappa shape index (κ2) is 6.37. The van der Waals surface area contributed by atoms with Gasteiger partial charge in [-0.05, 0) is 43.3 Å². The first-order valence-corrected chi connectivity index (χ1v) is 7.87. The lowest BCUT2D eigenvalue weighted by Gasteiger charge is -2.06. The lowest BCUT2D eigenvalue weighted by molar-refractivity contribution is -0.645. The van der Waals surface area contributed by atoms with Crippen LogP contribution in [0.2, 0.25) is 0 Å². The van der Waals surface area contributed by atoms with Crippen LogP contribution in [0.25, 0.3) is 11.4 Å². The van der Waals surface area contributed by atoms with E-state index in [0.29, 0.717) is 27.9 Å². The molecule has 3 rings (SSSR count). The fourth-order valence-corrected chi connectivity index (χ4v) is 2.87. The summed E-state index contributed by atoms with van der Waals surface area (Å²) in [6, 6.07) is 9.97. The highest BCUT2D eigenvalue weighted by molar-refractivity contribution is 7.99. The van der Waals surface area contributed by atoms with Crippen molar-refractivity contribution in [3.8, 4) is 11.4 Å². The van der Waals surface area contributed by atoms with E-state index in [2.05, 4.69) is 10.1 Å². The number of pyridine rings is 1. The molecule has 0 spiro atoms. The highest BCUT2D eigenvalue weighted by Gasteiger charge is 2.20. The molecule has 7 heteroatoms. The van der Waals surface area contributed by atoms with E-state index in [4.69, 9.17) is 4.52 Å². The molecule has 1 atom stereocenters. The van der Waals surface area contributed by atoms with Gasteiger partial charge in [-0.1, -0.05) is 17.3 Å². The number of hydrogen-bond acceptors (Lipinski definition) is 5. The van der Waals surface area contributed by atoms with Gasteiger partial charge in [-0.2, -0.15) is 9.71 Å². The van der Waals surface area contributed by atoms with Gasteiger partial charge in [0.2, 0.25) is 11.7 Å². The van der Waals surface area contributed by atoms with Crippen LogP contribution in [0.3, 0.4) is 0 Å². The van der Waals surface area contributed by atoms with Gasteiger partial charge in [0.05, 0.1) is 5.25 Å². The number of hydrogen-bond donors (Lipinski definition) is 0. The molecule has 2 aromatic heterocycles. The topological polar surface area (TPSA) is 65.9 Å². The average molecular weight is 331 g/mol. The van der Waals surface area contributed by atoms with Crippen LogP contribution in [0.5, 0.6) is 0 Å². The minimum Gasteiger partial charge on any atom is -0.618 e. The zero-order valence-corrected chi connectivity index (χ0v) is 13.4. The molecule has 0 saturated heterocycles. The van der Waals surface area contributed by atoms with Crippen LogP contribution in [-0.4, -0.2) is 10.1 Å². The highest BCUT2D eigenvalue weighted by atomic mass is 32.2. The van der Waals surface area contributed by atoms with Gasteiger partial charge in [0.25, 0.3) is 5.03 Å². The third-order valence-electron chi connectivity index (χ3n) is 3.31. The Morgan fingerprint density at radius 2 is 2.13 bits per heavy atom. The third kappa shape index (κ3) is 3.34. The maximum atomic E-state index is 13.6. The molecule has 0 aliphatic heterocycles. The van der Waals surface area contributed by atoms with Crippen molar-refractivity contribution in [2.75, 3.05) is 0 Å². The number of nitrogens with zero attached hydrogens (tertiary/aromatic N) is 3. The normalized spacial score (nSPS) is 12.3. The zero-order valence-electron chi connectivity index (χ0n) is 12.6. The Labute approximate surface area is 136 Å². The van der Waals surface area contributed by atoms with Crippen molar-refractivity contribution in [2.24, 2.45) is 0 Å². The predicted octanol–water partition coefficient (Wildman–Crippen LogP) is 3.67. The molecule has 3 aromatic rings. The van der Waals surface area contributed by atoms with Crippen LogP contribution in [0.1, 0.15) is 23.6 Å². The molecule has 2 heterocycles. The van der Waals surface area contributed by atoms with Gasteiger partial charge >= 0.3 is 0 Å². The summed E-state index contributed by atoms with van der Waals surface area (Å²) in [6.07, 6.45) is 1.43. The second-order valence-electron chi connectivity index (χ2n) is 5.04. The molecule has 5 nitrogen and oxygen atoms in total. The summed E-state index contributed by atoms with van der Waals surface area (Å²) in [4.78, 5) is 4.30. The Morgan fingerprint density at radius 3 is 2.87 bits per heavy atom. The molecular formula is C16H14FN3O2S. The molecule has 0 saturated carbocycles. The zero-order chi connectivity index (χ0) is 16.4.